The van der Waals surface area contributed by atoms with E-state index in [4.69, 9.17) is 0 Å². The molecule has 0 unspecified atom stereocenters. The van der Waals surface area contributed by atoms with Gasteiger partial charge in [0.25, 0.3) is 0 Å². The molecule has 0 saturated carbocycles. The van der Waals surface area contributed by atoms with E-state index in [9.17, 15) is 25.9 Å². The van der Waals surface area contributed by atoms with Crippen LogP contribution in [0.3, 0.4) is 0 Å². The van der Waals surface area contributed by atoms with Crippen LogP contribution in [0.25, 0.3) is 21.5 Å². The standard InChI is InChI=1S/2C38H64O3S.Ba/c2*1-3-5-7-9-11-13-15-17-19-21-23-25-27-34-29-30-35-33-36(42(39,40)41)31-32-38(35)37(34)28-26-24-22-20-18-16-14-12-10-8-6-4-2;/h2*29-33H,3-28H2,1-2H3,(H,39,40,41);/q;;+2/p-2. The van der Waals surface area contributed by atoms with Gasteiger partial charge in [0.2, 0.25) is 0 Å². The summed E-state index contributed by atoms with van der Waals surface area (Å²) in [5, 5.41) is 4.00. The molecule has 0 heterocycles. The summed E-state index contributed by atoms with van der Waals surface area (Å²) in [6.07, 6.45) is 69.0. The minimum Gasteiger partial charge on any atom is -0.744 e. The quantitative estimate of drug-likeness (QED) is 0.0247. The topological polar surface area (TPSA) is 114 Å². The van der Waals surface area contributed by atoms with Crippen molar-refractivity contribution in [1.29, 1.82) is 0 Å². The molecular weight excluding hydrogens is 1210 g/mol. The molecule has 0 atom stereocenters. The van der Waals surface area contributed by atoms with Gasteiger partial charge in [-0.3, -0.25) is 0 Å². The Bertz CT molecular complexity index is 2300. The predicted octanol–water partition coefficient (Wildman–Crippen LogP) is 24.1. The van der Waals surface area contributed by atoms with Crippen molar-refractivity contribution in [3.63, 3.8) is 0 Å². The Labute approximate surface area is 565 Å². The van der Waals surface area contributed by atoms with Crippen molar-refractivity contribution < 1.29 is 25.9 Å². The second-order valence-electron chi connectivity index (χ2n) is 25.6. The molecule has 85 heavy (non-hydrogen) atoms. The van der Waals surface area contributed by atoms with Gasteiger partial charge in [-0.2, -0.15) is 0 Å². The zero-order valence-electron chi connectivity index (χ0n) is 55.5. The molecular formula is C76H126BaO6S2. The van der Waals surface area contributed by atoms with Gasteiger partial charge in [0, 0.05) is 0 Å². The average molecular weight is 1340 g/mol. The van der Waals surface area contributed by atoms with Crippen LogP contribution in [0.1, 0.15) is 358 Å². The van der Waals surface area contributed by atoms with Crippen LogP contribution in [-0.2, 0) is 45.9 Å². The maximum atomic E-state index is 11.6. The maximum absolute atomic E-state index is 11.6. The van der Waals surface area contributed by atoms with Crippen LogP contribution in [0.5, 0.6) is 0 Å². The first-order valence-electron chi connectivity index (χ1n) is 35.9. The number of unbranched alkanes of at least 4 members (excludes halogenated alkanes) is 44. The summed E-state index contributed by atoms with van der Waals surface area (Å²) in [6.45, 7) is 9.11. The Hall–Kier alpha value is -1.21. The summed E-state index contributed by atoms with van der Waals surface area (Å²) in [5.74, 6) is 0. The van der Waals surface area contributed by atoms with Crippen molar-refractivity contribution >= 4 is 90.7 Å². The molecule has 9 heteroatoms. The third-order valence-electron chi connectivity index (χ3n) is 18.1. The zero-order chi connectivity index (χ0) is 60.6. The van der Waals surface area contributed by atoms with Crippen LogP contribution in [0.4, 0.5) is 0 Å². The summed E-state index contributed by atoms with van der Waals surface area (Å²) in [6, 6.07) is 18.3. The molecule has 0 radical (unpaired) electrons. The van der Waals surface area contributed by atoms with Crippen molar-refractivity contribution in [1.82, 2.24) is 0 Å². The van der Waals surface area contributed by atoms with Crippen molar-refractivity contribution in [3.8, 4) is 0 Å². The second-order valence-corrected chi connectivity index (χ2v) is 28.4. The molecule has 0 aliphatic heterocycles. The molecule has 0 amide bonds. The summed E-state index contributed by atoms with van der Waals surface area (Å²) < 4.78 is 69.7. The first-order chi connectivity index (χ1) is 40.9. The molecule has 0 spiro atoms. The largest absolute Gasteiger partial charge is 2.00 e. The third kappa shape index (κ3) is 38.3. The van der Waals surface area contributed by atoms with Gasteiger partial charge in [0.1, 0.15) is 20.2 Å². The fourth-order valence-corrected chi connectivity index (χ4v) is 13.8. The Morgan fingerprint density at radius 3 is 0.671 bits per heavy atom. The number of hydrogen-bond acceptors (Lipinski definition) is 6. The van der Waals surface area contributed by atoms with Gasteiger partial charge in [-0.15, -0.1) is 0 Å². The number of fused-ring (bicyclic) bond motifs is 2. The van der Waals surface area contributed by atoms with Gasteiger partial charge in [-0.1, -0.05) is 347 Å². The van der Waals surface area contributed by atoms with Gasteiger partial charge in [0.15, 0.2) is 0 Å². The van der Waals surface area contributed by atoms with Crippen molar-refractivity contribution in [2.45, 2.75) is 371 Å². The maximum Gasteiger partial charge on any atom is 2.00 e. The summed E-state index contributed by atoms with van der Waals surface area (Å²) in [4.78, 5) is -0.250. The van der Waals surface area contributed by atoms with E-state index in [1.807, 2.05) is 24.3 Å². The van der Waals surface area contributed by atoms with E-state index in [2.05, 4.69) is 39.8 Å². The molecule has 0 aromatic heterocycles. The zero-order valence-corrected chi connectivity index (χ0v) is 61.6. The minimum absolute atomic E-state index is 0. The second kappa shape index (κ2) is 52.4. The molecule has 480 valence electrons. The first kappa shape index (κ1) is 79.9. The summed E-state index contributed by atoms with van der Waals surface area (Å²) in [7, 11) is -8.88. The monoisotopic (exact) mass is 1340 g/mol. The number of benzene rings is 4. The van der Waals surface area contributed by atoms with E-state index < -0.39 is 20.2 Å². The third-order valence-corrected chi connectivity index (χ3v) is 19.8. The molecule has 6 nitrogen and oxygen atoms in total. The van der Waals surface area contributed by atoms with Crippen LogP contribution in [0, 0.1) is 0 Å². The molecule has 4 aromatic rings. The van der Waals surface area contributed by atoms with E-state index in [1.54, 1.807) is 12.1 Å². The van der Waals surface area contributed by atoms with E-state index in [0.29, 0.717) is 0 Å². The van der Waals surface area contributed by atoms with E-state index in [0.717, 1.165) is 47.2 Å². The average Bonchev–Trinajstić information content (AvgIpc) is 3.00. The van der Waals surface area contributed by atoms with Gasteiger partial charge >= 0.3 is 48.9 Å². The smallest absolute Gasteiger partial charge is 0.744 e. The fraction of sp³-hybridized carbons (Fsp3) is 0.737. The Morgan fingerprint density at radius 2 is 0.459 bits per heavy atom. The van der Waals surface area contributed by atoms with Crippen LogP contribution in [0.15, 0.2) is 70.5 Å². The Morgan fingerprint density at radius 1 is 0.259 bits per heavy atom. The van der Waals surface area contributed by atoms with Crippen LogP contribution in [0.2, 0.25) is 0 Å². The Balaban J connectivity index is 0.000000573. The first-order valence-corrected chi connectivity index (χ1v) is 38.8. The molecule has 0 bridgehead atoms. The molecule has 0 fully saturated rings. The van der Waals surface area contributed by atoms with Gasteiger partial charge in [0.05, 0.1) is 9.79 Å². The molecule has 0 aliphatic carbocycles. The molecule has 0 aliphatic rings. The molecule has 0 N–H and O–H groups in total. The van der Waals surface area contributed by atoms with Crippen molar-refractivity contribution in [2.24, 2.45) is 0 Å². The predicted molar refractivity (Wildman–Crippen MR) is 369 cm³/mol. The fourth-order valence-electron chi connectivity index (χ4n) is 12.8. The minimum atomic E-state index is -4.44. The van der Waals surface area contributed by atoms with Crippen molar-refractivity contribution in [2.75, 3.05) is 0 Å². The molecule has 0 saturated heterocycles. The van der Waals surface area contributed by atoms with E-state index in [-0.39, 0.29) is 58.7 Å². The SMILES string of the molecule is CCCCCCCCCCCCCCc1ccc2cc(S(=O)(=O)[O-])ccc2c1CCCCCCCCCCCCCC.CCCCCCCCCCCCCCc1ccc2cc(S(=O)(=O)[O-])ccc2c1CCCCCCCCCCCCCC.[Ba+2]. The normalized spacial score (nSPS) is 11.8. The summed E-state index contributed by atoms with van der Waals surface area (Å²) >= 11 is 0. The van der Waals surface area contributed by atoms with Gasteiger partial charge < -0.3 is 9.11 Å². The van der Waals surface area contributed by atoms with Crippen LogP contribution in [-0.4, -0.2) is 74.8 Å². The van der Waals surface area contributed by atoms with Crippen LogP contribution < -0.4 is 0 Å². The van der Waals surface area contributed by atoms with Crippen molar-refractivity contribution in [3.05, 3.63) is 82.9 Å². The molecule has 4 aromatic carbocycles. The van der Waals surface area contributed by atoms with Gasteiger partial charge in [-0.25, -0.2) is 16.8 Å². The number of hydrogen-bond donors (Lipinski definition) is 0. The van der Waals surface area contributed by atoms with Crippen LogP contribution >= 0.6 is 0 Å². The number of rotatable bonds is 54. The molecule has 4 rings (SSSR count). The van der Waals surface area contributed by atoms with E-state index in [1.165, 1.54) is 343 Å². The van der Waals surface area contributed by atoms with E-state index >= 15 is 0 Å². The Kier molecular flexibility index (Phi) is 49.3. The number of aryl methyl sites for hydroxylation is 4. The van der Waals surface area contributed by atoms with Gasteiger partial charge in [-0.05, 0) is 119 Å². The summed E-state index contributed by atoms with van der Waals surface area (Å²) in [5.41, 5.74) is 5.57.